The van der Waals surface area contributed by atoms with Crippen LogP contribution >= 0.6 is 11.6 Å². The second-order valence-electron chi connectivity index (χ2n) is 5.45. The van der Waals surface area contributed by atoms with E-state index in [1.54, 1.807) is 24.7 Å². The zero-order valence-electron chi connectivity index (χ0n) is 13.4. The summed E-state index contributed by atoms with van der Waals surface area (Å²) < 4.78 is 0. The van der Waals surface area contributed by atoms with Crippen LogP contribution in [0.25, 0.3) is 0 Å². The maximum absolute atomic E-state index is 12.3. The second kappa shape index (κ2) is 8.26. The molecular formula is C19H17ClN4O. The zero-order valence-corrected chi connectivity index (χ0v) is 14.2. The van der Waals surface area contributed by atoms with Crippen LogP contribution in [0.15, 0.2) is 67.1 Å². The number of nitrogens with one attached hydrogen (secondary N) is 2. The van der Waals surface area contributed by atoms with Gasteiger partial charge in [-0.15, -0.1) is 0 Å². The van der Waals surface area contributed by atoms with Crippen molar-refractivity contribution in [1.82, 2.24) is 15.3 Å². The highest BCUT2D eigenvalue weighted by atomic mass is 35.5. The molecule has 0 saturated heterocycles. The molecule has 0 aliphatic carbocycles. The average Bonchev–Trinajstić information content (AvgIpc) is 2.67. The van der Waals surface area contributed by atoms with Gasteiger partial charge in [-0.05, 0) is 47.5 Å². The van der Waals surface area contributed by atoms with Crippen LogP contribution in [0.5, 0.6) is 0 Å². The largest absolute Gasteiger partial charge is 0.381 e. The van der Waals surface area contributed by atoms with Gasteiger partial charge in [0.15, 0.2) is 0 Å². The number of halogens is 1. The average molecular weight is 353 g/mol. The fourth-order valence-electron chi connectivity index (χ4n) is 2.24. The summed E-state index contributed by atoms with van der Waals surface area (Å²) in [6.07, 6.45) is 5.01. The van der Waals surface area contributed by atoms with E-state index in [1.165, 1.54) is 0 Å². The van der Waals surface area contributed by atoms with Gasteiger partial charge in [-0.3, -0.25) is 14.8 Å². The first-order chi connectivity index (χ1) is 12.2. The van der Waals surface area contributed by atoms with Crippen molar-refractivity contribution in [2.75, 3.05) is 5.32 Å². The molecular weight excluding hydrogens is 336 g/mol. The fourth-order valence-corrected chi connectivity index (χ4v) is 2.37. The summed E-state index contributed by atoms with van der Waals surface area (Å²) in [7, 11) is 0. The number of rotatable bonds is 6. The number of anilines is 1. The van der Waals surface area contributed by atoms with Gasteiger partial charge in [-0.1, -0.05) is 23.7 Å². The first kappa shape index (κ1) is 16.9. The fraction of sp³-hybridized carbons (Fsp3) is 0.105. The van der Waals surface area contributed by atoms with Crippen molar-refractivity contribution in [2.45, 2.75) is 13.1 Å². The molecule has 3 rings (SSSR count). The Balaban J connectivity index is 1.58. The molecule has 1 aromatic carbocycles. The Morgan fingerprint density at radius 3 is 2.40 bits per heavy atom. The minimum absolute atomic E-state index is 0.216. The number of pyridine rings is 2. The molecule has 1 amide bonds. The lowest BCUT2D eigenvalue weighted by molar-refractivity contribution is 0.0946. The Hall–Kier alpha value is -2.92. The number of benzene rings is 1. The molecule has 126 valence electrons. The van der Waals surface area contributed by atoms with E-state index in [4.69, 9.17) is 11.6 Å². The Bertz CT molecular complexity index is 838. The highest BCUT2D eigenvalue weighted by molar-refractivity contribution is 6.30. The summed E-state index contributed by atoms with van der Waals surface area (Å²) in [6.45, 7) is 1.07. The summed E-state index contributed by atoms with van der Waals surface area (Å²) in [5.41, 5.74) is 3.29. The molecule has 6 heteroatoms. The van der Waals surface area contributed by atoms with Gasteiger partial charge in [-0.25, -0.2) is 0 Å². The summed E-state index contributed by atoms with van der Waals surface area (Å²) >= 11 is 5.88. The molecule has 0 atom stereocenters. The molecule has 0 bridgehead atoms. The SMILES string of the molecule is O=C(NCc1ccncc1)c1cc(NCc2ccc(Cl)cc2)ccn1. The van der Waals surface area contributed by atoms with Crippen molar-refractivity contribution in [1.29, 1.82) is 0 Å². The molecule has 0 aliphatic heterocycles. The zero-order chi connectivity index (χ0) is 17.5. The molecule has 25 heavy (non-hydrogen) atoms. The Morgan fingerprint density at radius 2 is 1.64 bits per heavy atom. The van der Waals surface area contributed by atoms with Gasteiger partial charge >= 0.3 is 0 Å². The van der Waals surface area contributed by atoms with Crippen molar-refractivity contribution < 1.29 is 4.79 Å². The van der Waals surface area contributed by atoms with E-state index in [2.05, 4.69) is 20.6 Å². The highest BCUT2D eigenvalue weighted by Gasteiger charge is 2.07. The van der Waals surface area contributed by atoms with E-state index in [0.717, 1.165) is 16.8 Å². The normalized spacial score (nSPS) is 10.3. The van der Waals surface area contributed by atoms with Gasteiger partial charge in [-0.2, -0.15) is 0 Å². The summed E-state index contributed by atoms with van der Waals surface area (Å²) in [4.78, 5) is 20.3. The number of hydrogen-bond acceptors (Lipinski definition) is 4. The second-order valence-corrected chi connectivity index (χ2v) is 5.88. The topological polar surface area (TPSA) is 66.9 Å². The third-order valence-corrected chi connectivity index (χ3v) is 3.86. The van der Waals surface area contributed by atoms with E-state index in [1.807, 2.05) is 42.5 Å². The molecule has 0 unspecified atom stereocenters. The standard InChI is InChI=1S/C19H17ClN4O/c20-16-3-1-14(2-4-16)12-23-17-7-10-22-18(11-17)19(25)24-13-15-5-8-21-9-6-15/h1-11H,12-13H2,(H,22,23)(H,24,25). The Morgan fingerprint density at radius 1 is 0.920 bits per heavy atom. The molecule has 0 fully saturated rings. The lowest BCUT2D eigenvalue weighted by Crippen LogP contribution is -2.23. The van der Waals surface area contributed by atoms with Crippen molar-refractivity contribution in [3.63, 3.8) is 0 Å². The van der Waals surface area contributed by atoms with Gasteiger partial charge in [0, 0.05) is 42.4 Å². The first-order valence-corrected chi connectivity index (χ1v) is 8.20. The number of amides is 1. The van der Waals surface area contributed by atoms with E-state index in [-0.39, 0.29) is 5.91 Å². The van der Waals surface area contributed by atoms with Gasteiger partial charge < -0.3 is 10.6 Å². The van der Waals surface area contributed by atoms with Crippen LogP contribution in [0.4, 0.5) is 5.69 Å². The lowest BCUT2D eigenvalue weighted by Gasteiger charge is -2.09. The predicted octanol–water partition coefficient (Wildman–Crippen LogP) is 3.67. The van der Waals surface area contributed by atoms with E-state index < -0.39 is 0 Å². The van der Waals surface area contributed by atoms with E-state index in [9.17, 15) is 4.79 Å². The molecule has 3 aromatic rings. The molecule has 2 aromatic heterocycles. The van der Waals surface area contributed by atoms with Crippen LogP contribution in [0, 0.1) is 0 Å². The van der Waals surface area contributed by atoms with Crippen LogP contribution in [-0.4, -0.2) is 15.9 Å². The highest BCUT2D eigenvalue weighted by Crippen LogP contribution is 2.13. The van der Waals surface area contributed by atoms with E-state index in [0.29, 0.717) is 23.8 Å². The predicted molar refractivity (Wildman–Crippen MR) is 98.4 cm³/mol. The van der Waals surface area contributed by atoms with Crippen LogP contribution < -0.4 is 10.6 Å². The van der Waals surface area contributed by atoms with Crippen LogP contribution in [-0.2, 0) is 13.1 Å². The van der Waals surface area contributed by atoms with Gasteiger partial charge in [0.05, 0.1) is 0 Å². The van der Waals surface area contributed by atoms with Gasteiger partial charge in [0.2, 0.25) is 0 Å². The minimum atomic E-state index is -0.216. The van der Waals surface area contributed by atoms with Crippen molar-refractivity contribution in [3.05, 3.63) is 89.0 Å². The lowest BCUT2D eigenvalue weighted by atomic mass is 10.2. The smallest absolute Gasteiger partial charge is 0.270 e. The number of aromatic nitrogens is 2. The number of carbonyl (C=O) groups excluding carboxylic acids is 1. The van der Waals surface area contributed by atoms with Crippen molar-refractivity contribution in [3.8, 4) is 0 Å². The molecule has 0 saturated carbocycles. The molecule has 5 nitrogen and oxygen atoms in total. The Kier molecular flexibility index (Phi) is 5.59. The minimum Gasteiger partial charge on any atom is -0.381 e. The van der Waals surface area contributed by atoms with Gasteiger partial charge in [0.25, 0.3) is 5.91 Å². The summed E-state index contributed by atoms with van der Waals surface area (Å²) in [5, 5.41) is 6.84. The van der Waals surface area contributed by atoms with Crippen LogP contribution in [0.3, 0.4) is 0 Å². The van der Waals surface area contributed by atoms with E-state index >= 15 is 0 Å². The maximum atomic E-state index is 12.3. The van der Waals surface area contributed by atoms with Crippen molar-refractivity contribution in [2.24, 2.45) is 0 Å². The molecule has 2 heterocycles. The maximum Gasteiger partial charge on any atom is 0.270 e. The molecule has 0 aliphatic rings. The number of nitrogens with zero attached hydrogens (tertiary/aromatic N) is 2. The molecule has 2 N–H and O–H groups in total. The third kappa shape index (κ3) is 5.02. The Labute approximate surface area is 151 Å². The first-order valence-electron chi connectivity index (χ1n) is 7.82. The number of carbonyl (C=O) groups is 1. The number of hydrogen-bond donors (Lipinski definition) is 2. The molecule has 0 spiro atoms. The van der Waals surface area contributed by atoms with Crippen LogP contribution in [0.2, 0.25) is 5.02 Å². The molecule has 0 radical (unpaired) electrons. The quantitative estimate of drug-likeness (QED) is 0.710. The summed E-state index contributed by atoms with van der Waals surface area (Å²) in [6, 6.07) is 14.9. The van der Waals surface area contributed by atoms with Gasteiger partial charge in [0.1, 0.15) is 5.69 Å². The monoisotopic (exact) mass is 352 g/mol. The van der Waals surface area contributed by atoms with Crippen molar-refractivity contribution >= 4 is 23.2 Å². The van der Waals surface area contributed by atoms with Crippen LogP contribution in [0.1, 0.15) is 21.6 Å². The summed E-state index contributed by atoms with van der Waals surface area (Å²) in [5.74, 6) is -0.216. The third-order valence-electron chi connectivity index (χ3n) is 3.60.